The van der Waals surface area contributed by atoms with Crippen molar-refractivity contribution < 1.29 is 14.1 Å². The summed E-state index contributed by atoms with van der Waals surface area (Å²) in [5.74, 6) is -1.09. The summed E-state index contributed by atoms with van der Waals surface area (Å²) in [6.07, 6.45) is 1.52. The van der Waals surface area contributed by atoms with Gasteiger partial charge in [-0.05, 0) is 6.26 Å². The lowest BCUT2D eigenvalue weighted by Gasteiger charge is -2.05. The van der Waals surface area contributed by atoms with Crippen LogP contribution in [0.15, 0.2) is 0 Å². The van der Waals surface area contributed by atoms with Crippen molar-refractivity contribution in [2.45, 2.75) is 0 Å². The first kappa shape index (κ1) is 7.84. The molecule has 0 saturated heterocycles. The van der Waals surface area contributed by atoms with Gasteiger partial charge in [0, 0.05) is 0 Å². The summed E-state index contributed by atoms with van der Waals surface area (Å²) >= 11 is 0. The minimum absolute atomic E-state index is 0.140. The Balaban J connectivity index is 3.74. The van der Waals surface area contributed by atoms with Crippen LogP contribution in [0.2, 0.25) is 0 Å². The van der Waals surface area contributed by atoms with Gasteiger partial charge in [0.25, 0.3) is 0 Å². The van der Waals surface area contributed by atoms with Crippen molar-refractivity contribution in [3.8, 4) is 0 Å². The highest BCUT2D eigenvalue weighted by Gasteiger charge is 2.05. The van der Waals surface area contributed by atoms with Crippen molar-refractivity contribution >= 4 is 24.7 Å². The maximum absolute atomic E-state index is 10.7. The first-order valence-electron chi connectivity index (χ1n) is 2.17. The summed E-state index contributed by atoms with van der Waals surface area (Å²) in [7, 11) is -1.68. The molecule has 0 radical (unpaired) electrons. The number of carbonyl (C=O) groups is 1. The third kappa shape index (κ3) is 5.84. The molecule has 0 aromatic carbocycles. The van der Waals surface area contributed by atoms with Gasteiger partial charge in [0.05, 0.1) is 15.1 Å². The summed E-state index contributed by atoms with van der Waals surface area (Å²) in [6, 6.07) is 0. The van der Waals surface area contributed by atoms with Gasteiger partial charge in [0.2, 0.25) is 0 Å². The van der Waals surface area contributed by atoms with E-state index >= 15 is 0 Å². The molecule has 50 valence electrons. The Morgan fingerprint density at radius 2 is 2.25 bits per heavy atom. The van der Waals surface area contributed by atoms with Gasteiger partial charge in [0.1, 0.15) is 0 Å². The van der Waals surface area contributed by atoms with Crippen LogP contribution < -0.4 is 0 Å². The Labute approximate surface area is 51.6 Å². The Morgan fingerprint density at radius 3 is 2.25 bits per heavy atom. The second kappa shape index (κ2) is 2.41. The molecule has 0 amide bonds. The molecule has 0 spiro atoms. The van der Waals surface area contributed by atoms with Crippen LogP contribution >= 0.6 is 0 Å². The lowest BCUT2D eigenvalue weighted by molar-refractivity contribution is -0.133. The van der Waals surface area contributed by atoms with Gasteiger partial charge < -0.3 is 5.11 Å². The Kier molecular flexibility index (Phi) is 2.36. The van der Waals surface area contributed by atoms with E-state index in [0.29, 0.717) is 9.39 Å². The van der Waals surface area contributed by atoms with Crippen molar-refractivity contribution in [2.75, 3.05) is 12.0 Å². The highest BCUT2D eigenvalue weighted by molar-refractivity contribution is 8.22. The molecule has 0 heterocycles. The largest absolute Gasteiger partial charge is 0.481 e. The maximum Gasteiger partial charge on any atom is 0.313 e. The molecular weight excluding hydrogens is 144 g/mol. The summed E-state index contributed by atoms with van der Waals surface area (Å²) in [5, 5.41) is 8.10. The molecule has 0 bridgehead atoms. The van der Waals surface area contributed by atoms with Crippen molar-refractivity contribution in [1.82, 2.24) is 0 Å². The predicted molar refractivity (Wildman–Crippen MR) is 37.9 cm³/mol. The van der Waals surface area contributed by atoms with Crippen molar-refractivity contribution in [3.05, 3.63) is 0 Å². The number of carboxylic acid groups (broad SMARTS) is 1. The Morgan fingerprint density at radius 1 is 1.88 bits per heavy atom. The Hall–Kier alpha value is -0.163. The lowest BCUT2D eigenvalue weighted by atomic mass is 10.8. The van der Waals surface area contributed by atoms with Crippen LogP contribution in [0.25, 0.3) is 0 Å². The number of hydrogen-bond acceptors (Lipinski definition) is 2. The average Bonchev–Trinajstić information content (AvgIpc) is 1.21. The van der Waals surface area contributed by atoms with E-state index in [1.807, 2.05) is 0 Å². The second-order valence-electron chi connectivity index (χ2n) is 2.13. The highest BCUT2D eigenvalue weighted by Crippen LogP contribution is 1.88. The van der Waals surface area contributed by atoms with Gasteiger partial charge >= 0.3 is 5.97 Å². The minimum atomic E-state index is -2.18. The van der Waals surface area contributed by atoms with Crippen molar-refractivity contribution in [3.63, 3.8) is 0 Å². The van der Waals surface area contributed by atoms with Crippen LogP contribution in [-0.2, 0) is 14.2 Å². The van der Waals surface area contributed by atoms with Crippen LogP contribution in [0.3, 0.4) is 0 Å². The van der Waals surface area contributed by atoms with E-state index in [4.69, 9.17) is 5.11 Å². The van der Waals surface area contributed by atoms with Crippen molar-refractivity contribution in [2.24, 2.45) is 0 Å². The molecule has 0 rings (SSSR count). The quantitative estimate of drug-likeness (QED) is 0.357. The summed E-state index contributed by atoms with van der Waals surface area (Å²) in [4.78, 5) is 9.86. The van der Waals surface area contributed by atoms with E-state index in [2.05, 4.69) is 0 Å². The zero-order valence-electron chi connectivity index (χ0n) is 4.92. The van der Waals surface area contributed by atoms with E-state index in [9.17, 15) is 9.00 Å². The SMILES string of the molecule is C[SH](=O)([SiH3])CC(=O)O. The minimum Gasteiger partial charge on any atom is -0.481 e. The van der Waals surface area contributed by atoms with Gasteiger partial charge in [-0.1, -0.05) is 0 Å². The molecule has 8 heavy (non-hydrogen) atoms. The summed E-state index contributed by atoms with van der Waals surface area (Å²) in [6.45, 7) is 0. The molecule has 0 fully saturated rings. The first-order chi connectivity index (χ1) is 3.42. The van der Waals surface area contributed by atoms with Gasteiger partial charge in [-0.3, -0.25) is 9.00 Å². The first-order valence-corrected chi connectivity index (χ1v) is 7.64. The van der Waals surface area contributed by atoms with E-state index in [1.165, 1.54) is 6.26 Å². The van der Waals surface area contributed by atoms with Gasteiger partial charge in [-0.2, -0.15) is 0 Å². The fourth-order valence-electron chi connectivity index (χ4n) is 0.326. The third-order valence-electron chi connectivity index (χ3n) is 0.516. The topological polar surface area (TPSA) is 54.4 Å². The van der Waals surface area contributed by atoms with Gasteiger partial charge in [-0.15, -0.1) is 9.38 Å². The fourth-order valence-corrected chi connectivity index (χ4v) is 1.79. The van der Waals surface area contributed by atoms with Crippen LogP contribution in [0.5, 0.6) is 0 Å². The molecule has 0 atom stereocenters. The monoisotopic (exact) mass is 154 g/mol. The molecule has 5 heteroatoms. The summed E-state index contributed by atoms with van der Waals surface area (Å²) in [5.41, 5.74) is 0. The van der Waals surface area contributed by atoms with Gasteiger partial charge in [-0.25, -0.2) is 0 Å². The number of thiol groups is 1. The standard InChI is InChI=1S/C3H10O3SSi/c1-7(6,8)2-3(4)5/h7H,2H2,1,8H3,(H,4,5). The van der Waals surface area contributed by atoms with Crippen LogP contribution in [0.4, 0.5) is 0 Å². The van der Waals surface area contributed by atoms with E-state index in [0.717, 1.165) is 0 Å². The van der Waals surface area contributed by atoms with Gasteiger partial charge in [0.15, 0.2) is 0 Å². The zero-order valence-corrected chi connectivity index (χ0v) is 7.81. The fraction of sp³-hybridized carbons (Fsp3) is 0.667. The molecule has 1 N–H and O–H groups in total. The zero-order chi connectivity index (χ0) is 6.78. The van der Waals surface area contributed by atoms with Crippen LogP contribution in [0, 0.1) is 0 Å². The molecule has 0 aromatic rings. The number of aliphatic carboxylic acids is 1. The smallest absolute Gasteiger partial charge is 0.313 e. The maximum atomic E-state index is 10.7. The molecule has 0 aromatic heterocycles. The number of hydrogen-bond donors (Lipinski definition) is 2. The molecule has 3 nitrogen and oxygen atoms in total. The molecule has 0 unspecified atom stereocenters. The Bertz CT molecular complexity index is 137. The lowest BCUT2D eigenvalue weighted by Crippen LogP contribution is -2.20. The molecular formula is C3H10O3SSi. The van der Waals surface area contributed by atoms with E-state index in [1.54, 1.807) is 0 Å². The second-order valence-corrected chi connectivity index (χ2v) is 11.3. The molecule has 0 aliphatic rings. The molecule has 0 saturated carbocycles. The number of rotatable bonds is 2. The average molecular weight is 154 g/mol. The highest BCUT2D eigenvalue weighted by atomic mass is 32.4. The van der Waals surface area contributed by atoms with E-state index < -0.39 is 15.4 Å². The predicted octanol–water partition coefficient (Wildman–Crippen LogP) is -2.00. The summed E-state index contributed by atoms with van der Waals surface area (Å²) < 4.78 is 10.7. The number of carboxylic acids is 1. The molecule has 0 aliphatic carbocycles. The van der Waals surface area contributed by atoms with Crippen molar-refractivity contribution in [1.29, 1.82) is 0 Å². The normalized spacial score (nSPS) is 13.6. The van der Waals surface area contributed by atoms with E-state index in [-0.39, 0.29) is 5.75 Å². The molecule has 0 aliphatic heterocycles. The van der Waals surface area contributed by atoms with Crippen LogP contribution in [0.1, 0.15) is 0 Å². The third-order valence-corrected chi connectivity index (χ3v) is 2.50. The van der Waals surface area contributed by atoms with Crippen LogP contribution in [-0.4, -0.2) is 36.7 Å².